The van der Waals surface area contributed by atoms with Crippen LogP contribution in [0, 0.1) is 11.7 Å². The van der Waals surface area contributed by atoms with Crippen molar-refractivity contribution in [1.82, 2.24) is 9.47 Å². The van der Waals surface area contributed by atoms with Gasteiger partial charge in [-0.3, -0.25) is 4.79 Å². The molecule has 0 radical (unpaired) electrons. The van der Waals surface area contributed by atoms with Crippen LogP contribution in [0.15, 0.2) is 65.5 Å². The zero-order valence-corrected chi connectivity index (χ0v) is 18.0. The number of pyridine rings is 1. The Morgan fingerprint density at radius 1 is 0.971 bits per heavy atom. The van der Waals surface area contributed by atoms with Gasteiger partial charge in [0.2, 0.25) is 0 Å². The van der Waals surface area contributed by atoms with E-state index in [2.05, 4.69) is 5.32 Å². The van der Waals surface area contributed by atoms with E-state index in [4.69, 9.17) is 0 Å². The molecule has 2 aliphatic rings. The van der Waals surface area contributed by atoms with Gasteiger partial charge >= 0.3 is 12.2 Å². The minimum atomic E-state index is -4.49. The maximum atomic E-state index is 13.4. The molecule has 3 aromatic rings. The van der Waals surface area contributed by atoms with Crippen molar-refractivity contribution in [2.75, 3.05) is 18.4 Å². The second-order valence-corrected chi connectivity index (χ2v) is 8.81. The molecule has 1 fully saturated rings. The van der Waals surface area contributed by atoms with Gasteiger partial charge in [-0.05, 0) is 60.4 Å². The first-order valence-electron chi connectivity index (χ1n) is 10.9. The Hall–Kier alpha value is -3.62. The number of benzene rings is 2. The second kappa shape index (κ2) is 8.30. The second-order valence-electron chi connectivity index (χ2n) is 8.81. The van der Waals surface area contributed by atoms with Gasteiger partial charge in [-0.1, -0.05) is 18.2 Å². The van der Waals surface area contributed by atoms with Crippen LogP contribution < -0.4 is 10.9 Å². The third kappa shape index (κ3) is 4.18. The van der Waals surface area contributed by atoms with E-state index in [1.165, 1.54) is 30.3 Å². The molecule has 5 rings (SSSR count). The van der Waals surface area contributed by atoms with E-state index in [1.807, 2.05) is 0 Å². The summed E-state index contributed by atoms with van der Waals surface area (Å²) in [5.74, 6) is -0.494. The Labute approximate surface area is 192 Å². The predicted octanol–water partition coefficient (Wildman–Crippen LogP) is 5.32. The highest BCUT2D eigenvalue weighted by Gasteiger charge is 2.37. The molecule has 34 heavy (non-hydrogen) atoms. The molecular formula is C25H21F4N3O2. The molecule has 1 N–H and O–H groups in total. The first kappa shape index (κ1) is 22.2. The number of fused-ring (bicyclic) bond motifs is 4. The topological polar surface area (TPSA) is 54.3 Å². The number of alkyl halides is 3. The van der Waals surface area contributed by atoms with Gasteiger partial charge in [0, 0.05) is 42.5 Å². The number of amides is 2. The zero-order valence-electron chi connectivity index (χ0n) is 18.0. The molecule has 2 bridgehead atoms. The highest BCUT2D eigenvalue weighted by atomic mass is 19.4. The standard InChI is InChI=1S/C25H21F4N3O2/c26-19-5-2-6-20(11-19)30-24(34)31-12-15-9-17(14-31)22-8-7-21(23(33)32(22)13-15)16-3-1-4-18(10-16)25(27,28)29/h1-8,10-11,15,17H,9,12-14H2,(H,30,34). The maximum Gasteiger partial charge on any atom is 0.416 e. The van der Waals surface area contributed by atoms with Crippen LogP contribution in [0.25, 0.3) is 11.1 Å². The van der Waals surface area contributed by atoms with Crippen molar-refractivity contribution >= 4 is 11.7 Å². The number of urea groups is 1. The Balaban J connectivity index is 1.40. The van der Waals surface area contributed by atoms with Gasteiger partial charge in [-0.15, -0.1) is 0 Å². The number of carbonyl (C=O) groups is 1. The van der Waals surface area contributed by atoms with E-state index in [0.717, 1.165) is 24.2 Å². The fourth-order valence-electron chi connectivity index (χ4n) is 4.96. The third-order valence-electron chi connectivity index (χ3n) is 6.47. The molecule has 9 heteroatoms. The summed E-state index contributed by atoms with van der Waals surface area (Å²) < 4.78 is 54.5. The monoisotopic (exact) mass is 471 g/mol. The van der Waals surface area contributed by atoms with Crippen molar-refractivity contribution in [3.8, 4) is 11.1 Å². The minimum absolute atomic E-state index is 0.0268. The number of piperidine rings is 1. The molecule has 2 amide bonds. The number of anilines is 1. The van der Waals surface area contributed by atoms with E-state index in [9.17, 15) is 27.2 Å². The number of rotatable bonds is 2. The smallest absolute Gasteiger partial charge is 0.324 e. The third-order valence-corrected chi connectivity index (χ3v) is 6.47. The van der Waals surface area contributed by atoms with Crippen LogP contribution in [0.3, 0.4) is 0 Å². The highest BCUT2D eigenvalue weighted by Crippen LogP contribution is 2.37. The van der Waals surface area contributed by atoms with Gasteiger partial charge in [0.1, 0.15) is 5.82 Å². The lowest BCUT2D eigenvalue weighted by Crippen LogP contribution is -2.50. The van der Waals surface area contributed by atoms with Gasteiger partial charge in [0.15, 0.2) is 0 Å². The minimum Gasteiger partial charge on any atom is -0.324 e. The predicted molar refractivity (Wildman–Crippen MR) is 119 cm³/mol. The number of likely N-dealkylation sites (tertiary alicyclic amines) is 1. The van der Waals surface area contributed by atoms with Crippen LogP contribution >= 0.6 is 0 Å². The molecule has 2 aliphatic heterocycles. The Kier molecular flexibility index (Phi) is 5.42. The average molecular weight is 471 g/mol. The van der Waals surface area contributed by atoms with Crippen molar-refractivity contribution in [2.45, 2.75) is 25.1 Å². The lowest BCUT2D eigenvalue weighted by Gasteiger charge is -2.42. The SMILES string of the molecule is O=C(Nc1cccc(F)c1)N1CC2CC(C1)c1ccc(-c3cccc(C(F)(F)F)c3)c(=O)n1C2. The molecule has 0 aliphatic carbocycles. The van der Waals surface area contributed by atoms with Crippen LogP contribution in [0.1, 0.15) is 23.6 Å². The van der Waals surface area contributed by atoms with Crippen molar-refractivity contribution in [2.24, 2.45) is 5.92 Å². The Morgan fingerprint density at radius 3 is 2.53 bits per heavy atom. The van der Waals surface area contributed by atoms with Crippen molar-refractivity contribution in [3.63, 3.8) is 0 Å². The van der Waals surface area contributed by atoms with E-state index in [0.29, 0.717) is 25.3 Å². The number of aromatic nitrogens is 1. The molecule has 1 aromatic heterocycles. The highest BCUT2D eigenvalue weighted by molar-refractivity contribution is 5.89. The van der Waals surface area contributed by atoms with Gasteiger partial charge in [-0.25, -0.2) is 9.18 Å². The lowest BCUT2D eigenvalue weighted by atomic mass is 9.83. The van der Waals surface area contributed by atoms with E-state index in [-0.39, 0.29) is 34.6 Å². The first-order chi connectivity index (χ1) is 16.2. The molecular weight excluding hydrogens is 450 g/mol. The summed E-state index contributed by atoms with van der Waals surface area (Å²) in [6, 6.07) is 13.4. The number of nitrogens with zero attached hydrogens (tertiary/aromatic N) is 2. The molecule has 176 valence electrons. The normalized spacial score (nSPS) is 19.5. The van der Waals surface area contributed by atoms with E-state index < -0.39 is 17.6 Å². The molecule has 2 atom stereocenters. The fourth-order valence-corrected chi connectivity index (χ4v) is 4.96. The van der Waals surface area contributed by atoms with Crippen LogP contribution in [0.4, 0.5) is 28.0 Å². The van der Waals surface area contributed by atoms with Crippen molar-refractivity contribution < 1.29 is 22.4 Å². The molecule has 2 aromatic carbocycles. The molecule has 0 spiro atoms. The molecule has 2 unspecified atom stereocenters. The summed E-state index contributed by atoms with van der Waals surface area (Å²) in [4.78, 5) is 27.7. The van der Waals surface area contributed by atoms with E-state index in [1.54, 1.807) is 27.7 Å². The Bertz CT molecular complexity index is 1320. The van der Waals surface area contributed by atoms with Gasteiger partial charge in [-0.2, -0.15) is 13.2 Å². The molecule has 0 saturated carbocycles. The van der Waals surface area contributed by atoms with Crippen LogP contribution in [0.2, 0.25) is 0 Å². The number of nitrogens with one attached hydrogen (secondary N) is 1. The van der Waals surface area contributed by atoms with Gasteiger partial charge in [0.05, 0.1) is 5.56 Å². The van der Waals surface area contributed by atoms with Crippen molar-refractivity contribution in [3.05, 3.63) is 88.1 Å². The average Bonchev–Trinajstić information content (AvgIpc) is 2.79. The number of hydrogen-bond acceptors (Lipinski definition) is 2. The summed E-state index contributed by atoms with van der Waals surface area (Å²) in [6.07, 6.45) is -3.68. The number of halogens is 4. The van der Waals surface area contributed by atoms with Crippen LogP contribution in [-0.2, 0) is 12.7 Å². The summed E-state index contributed by atoms with van der Waals surface area (Å²) in [7, 11) is 0. The van der Waals surface area contributed by atoms with Crippen LogP contribution in [0.5, 0.6) is 0 Å². The van der Waals surface area contributed by atoms with Gasteiger partial charge in [0.25, 0.3) is 5.56 Å². The number of hydrogen-bond donors (Lipinski definition) is 1. The molecule has 3 heterocycles. The van der Waals surface area contributed by atoms with E-state index >= 15 is 0 Å². The Morgan fingerprint density at radius 2 is 1.76 bits per heavy atom. The number of carbonyl (C=O) groups excluding carboxylic acids is 1. The van der Waals surface area contributed by atoms with Crippen molar-refractivity contribution in [1.29, 1.82) is 0 Å². The largest absolute Gasteiger partial charge is 0.416 e. The summed E-state index contributed by atoms with van der Waals surface area (Å²) in [5, 5.41) is 2.71. The quantitative estimate of drug-likeness (QED) is 0.514. The van der Waals surface area contributed by atoms with Crippen LogP contribution in [-0.4, -0.2) is 28.6 Å². The zero-order chi connectivity index (χ0) is 24.0. The lowest BCUT2D eigenvalue weighted by molar-refractivity contribution is -0.137. The summed E-state index contributed by atoms with van der Waals surface area (Å²) in [5.41, 5.74) is 0.439. The summed E-state index contributed by atoms with van der Waals surface area (Å²) >= 11 is 0. The molecule has 5 nitrogen and oxygen atoms in total. The summed E-state index contributed by atoms with van der Waals surface area (Å²) in [6.45, 7) is 1.19. The van der Waals surface area contributed by atoms with Gasteiger partial charge < -0.3 is 14.8 Å². The first-order valence-corrected chi connectivity index (χ1v) is 10.9. The fraction of sp³-hybridized carbons (Fsp3) is 0.280. The molecule has 1 saturated heterocycles. The maximum absolute atomic E-state index is 13.4.